The van der Waals surface area contributed by atoms with E-state index < -0.39 is 11.9 Å². The van der Waals surface area contributed by atoms with Crippen molar-refractivity contribution < 1.29 is 19.4 Å². The second kappa shape index (κ2) is 13.2. The van der Waals surface area contributed by atoms with E-state index in [-0.39, 0.29) is 45.2 Å². The van der Waals surface area contributed by atoms with Crippen molar-refractivity contribution in [3.8, 4) is 0 Å². The fraction of sp³-hybridized carbons (Fsp3) is 0.895. The number of carboxylic acids is 1. The normalized spacial score (nSPS) is 42.3. The van der Waals surface area contributed by atoms with Crippen molar-refractivity contribution in [3.63, 3.8) is 0 Å². The number of aromatic nitrogens is 4. The smallest absolute Gasteiger partial charge is 0.307 e. The molecule has 0 spiro atoms. The number of nitrogen functional groups attached to an aromatic ring is 1. The molecule has 0 amide bonds. The molecule has 5 aliphatic rings. The van der Waals surface area contributed by atoms with Gasteiger partial charge in [0.15, 0.2) is 0 Å². The molecular formula is C38H65N7O4. The van der Waals surface area contributed by atoms with Gasteiger partial charge in [0.25, 0.3) is 5.95 Å². The molecule has 4 fully saturated rings. The number of hydrogen-bond acceptors (Lipinski definition) is 9. The first-order chi connectivity index (χ1) is 23.0. The monoisotopic (exact) mass is 684 g/mol. The van der Waals surface area contributed by atoms with E-state index in [1.54, 1.807) is 4.80 Å². The van der Waals surface area contributed by atoms with Gasteiger partial charge in [0, 0.05) is 17.4 Å². The molecule has 11 nitrogen and oxygen atoms in total. The highest BCUT2D eigenvalue weighted by molar-refractivity contribution is 5.73. The van der Waals surface area contributed by atoms with Crippen LogP contribution in [0, 0.1) is 56.7 Å². The topological polar surface area (TPSA) is 141 Å². The zero-order chi connectivity index (χ0) is 35.6. The lowest BCUT2D eigenvalue weighted by Gasteiger charge is -2.71. The molecule has 3 saturated carbocycles. The van der Waals surface area contributed by atoms with Crippen LogP contribution in [0.15, 0.2) is 11.6 Å². The maximum absolute atomic E-state index is 13.4. The third-order valence-electron chi connectivity index (χ3n) is 15.4. The van der Waals surface area contributed by atoms with Gasteiger partial charge in [-0.3, -0.25) is 4.79 Å². The molecule has 1 aromatic rings. The fourth-order valence-corrected chi connectivity index (χ4v) is 12.4. The Morgan fingerprint density at radius 2 is 1.90 bits per heavy atom. The molecule has 0 radical (unpaired) electrons. The van der Waals surface area contributed by atoms with Crippen molar-refractivity contribution in [2.45, 2.75) is 106 Å². The van der Waals surface area contributed by atoms with E-state index in [1.165, 1.54) is 5.57 Å². The number of nitrogens with one attached hydrogen (secondary N) is 1. The molecule has 4 N–H and O–H groups in total. The Morgan fingerprint density at radius 1 is 1.14 bits per heavy atom. The minimum absolute atomic E-state index is 0.138. The summed E-state index contributed by atoms with van der Waals surface area (Å²) >= 11 is 0. The van der Waals surface area contributed by atoms with Crippen molar-refractivity contribution in [2.75, 3.05) is 59.3 Å². The predicted molar refractivity (Wildman–Crippen MR) is 191 cm³/mol. The molecule has 1 saturated heterocycles. The van der Waals surface area contributed by atoms with Crippen LogP contribution in [0.25, 0.3) is 0 Å². The number of tetrazole rings is 1. The van der Waals surface area contributed by atoms with Crippen molar-refractivity contribution in [1.29, 1.82) is 0 Å². The highest BCUT2D eigenvalue weighted by Crippen LogP contribution is 2.75. The summed E-state index contributed by atoms with van der Waals surface area (Å²) < 4.78 is 13.5. The van der Waals surface area contributed by atoms with Crippen LogP contribution in [0.5, 0.6) is 0 Å². The summed E-state index contributed by atoms with van der Waals surface area (Å²) in [5.74, 6) is 0.558. The highest BCUT2D eigenvalue weighted by atomic mass is 16.5. The number of allylic oxidation sites excluding steroid dienone is 1. The summed E-state index contributed by atoms with van der Waals surface area (Å²) in [6.07, 6.45) is 9.13. The number of ether oxygens (including phenoxy) is 2. The predicted octanol–water partition coefficient (Wildman–Crippen LogP) is 5.31. The lowest BCUT2D eigenvalue weighted by atomic mass is 9.34. The largest absolute Gasteiger partial charge is 0.481 e. The van der Waals surface area contributed by atoms with Gasteiger partial charge in [-0.15, -0.1) is 5.10 Å². The van der Waals surface area contributed by atoms with Crippen molar-refractivity contribution in [2.24, 2.45) is 56.7 Å². The number of nitrogens with zero attached hydrogens (tertiary/aromatic N) is 5. The fourth-order valence-electron chi connectivity index (χ4n) is 12.4. The first kappa shape index (κ1) is 36.7. The Kier molecular flexibility index (Phi) is 9.85. The van der Waals surface area contributed by atoms with Crippen LogP contribution in [0.4, 0.5) is 5.95 Å². The maximum Gasteiger partial charge on any atom is 0.307 e. The number of fused-ring (bicyclic) bond motifs is 3. The molecule has 2 bridgehead atoms. The molecule has 49 heavy (non-hydrogen) atoms. The summed E-state index contributed by atoms with van der Waals surface area (Å²) in [5, 5.41) is 27.7. The minimum Gasteiger partial charge on any atom is -0.481 e. The van der Waals surface area contributed by atoms with Crippen molar-refractivity contribution >= 4 is 11.9 Å². The Labute approximate surface area is 294 Å². The molecule has 1 aromatic heterocycles. The van der Waals surface area contributed by atoms with Crippen LogP contribution in [0.2, 0.25) is 0 Å². The third-order valence-corrected chi connectivity index (χ3v) is 15.4. The van der Waals surface area contributed by atoms with Crippen LogP contribution < -0.4 is 11.1 Å². The van der Waals surface area contributed by atoms with Gasteiger partial charge >= 0.3 is 5.97 Å². The van der Waals surface area contributed by atoms with Crippen LogP contribution in [0.1, 0.15) is 99.5 Å². The molecule has 6 rings (SSSR count). The van der Waals surface area contributed by atoms with Gasteiger partial charge in [0.05, 0.1) is 31.8 Å². The van der Waals surface area contributed by atoms with Crippen molar-refractivity contribution in [1.82, 2.24) is 30.4 Å². The number of carboxylic acid groups (broad SMARTS) is 1. The van der Waals surface area contributed by atoms with Crippen molar-refractivity contribution in [3.05, 3.63) is 11.6 Å². The van der Waals surface area contributed by atoms with E-state index in [9.17, 15) is 9.90 Å². The standard InChI is InChI=1S/C38H65N7O4/c1-24(2)25(3)34(4)15-16-36(6)26-11-12-29-35(5)22-48-23-38(29,27(26)13-14-37(36,7)30(34)32(46)47)21-28(45-42-33(39)41-43-45)31(35)49-20-18-40-17-10-19-44(8)9/h13,24-26,28-31,40H,10-12,14-23H2,1-9H3,(H2,39,42)(H,46,47)/t25-,26+,28-,29+,30-,31-,34-,35+,36-,37+,38?/m1/s1. The quantitative estimate of drug-likeness (QED) is 0.196. The van der Waals surface area contributed by atoms with Gasteiger partial charge in [-0.1, -0.05) is 65.2 Å². The molecule has 1 unspecified atom stereocenters. The number of nitrogens with two attached hydrogens (primary N) is 1. The Hall–Kier alpha value is -2.08. The van der Waals surface area contributed by atoms with Gasteiger partial charge in [-0.25, -0.2) is 0 Å². The summed E-state index contributed by atoms with van der Waals surface area (Å²) in [6, 6.07) is -0.141. The molecule has 11 atom stereocenters. The lowest BCUT2D eigenvalue weighted by Crippen LogP contribution is -2.69. The molecule has 276 valence electrons. The van der Waals surface area contributed by atoms with Gasteiger partial charge in [0.1, 0.15) is 6.04 Å². The summed E-state index contributed by atoms with van der Waals surface area (Å²) in [7, 11) is 4.21. The van der Waals surface area contributed by atoms with E-state index >= 15 is 0 Å². The molecule has 11 heteroatoms. The summed E-state index contributed by atoms with van der Waals surface area (Å²) in [5.41, 5.74) is 6.34. The number of hydrogen-bond donors (Lipinski definition) is 3. The van der Waals surface area contributed by atoms with Crippen LogP contribution in [0.3, 0.4) is 0 Å². The minimum atomic E-state index is -0.625. The van der Waals surface area contributed by atoms with Crippen LogP contribution >= 0.6 is 0 Å². The molecule has 4 aliphatic carbocycles. The first-order valence-corrected chi connectivity index (χ1v) is 19.1. The number of aliphatic carboxylic acids is 1. The Morgan fingerprint density at radius 3 is 2.55 bits per heavy atom. The first-order valence-electron chi connectivity index (χ1n) is 19.1. The summed E-state index contributed by atoms with van der Waals surface area (Å²) in [4.78, 5) is 17.4. The molecule has 2 heterocycles. The van der Waals surface area contributed by atoms with Crippen LogP contribution in [-0.2, 0) is 14.3 Å². The van der Waals surface area contributed by atoms with E-state index in [1.807, 2.05) is 0 Å². The van der Waals surface area contributed by atoms with E-state index in [2.05, 4.69) is 94.3 Å². The number of carbonyl (C=O) groups is 1. The zero-order valence-electron chi connectivity index (χ0n) is 31.8. The van der Waals surface area contributed by atoms with Gasteiger partial charge < -0.3 is 30.5 Å². The van der Waals surface area contributed by atoms with Gasteiger partial charge in [-0.2, -0.15) is 4.80 Å². The number of rotatable bonds is 12. The average molecular weight is 684 g/mol. The van der Waals surface area contributed by atoms with Gasteiger partial charge in [-0.05, 0) is 117 Å². The average Bonchev–Trinajstić information content (AvgIpc) is 3.46. The van der Waals surface area contributed by atoms with Gasteiger partial charge in [0.2, 0.25) is 0 Å². The lowest BCUT2D eigenvalue weighted by molar-refractivity contribution is -0.251. The molecule has 0 aromatic carbocycles. The summed E-state index contributed by atoms with van der Waals surface area (Å²) in [6.45, 7) is 20.9. The molecule has 1 aliphatic heterocycles. The second-order valence-electron chi connectivity index (χ2n) is 18.3. The number of anilines is 1. The van der Waals surface area contributed by atoms with Crippen LogP contribution in [-0.4, -0.2) is 95.8 Å². The van der Waals surface area contributed by atoms with E-state index in [4.69, 9.17) is 15.2 Å². The highest BCUT2D eigenvalue weighted by Gasteiger charge is 2.72. The molecular weight excluding hydrogens is 618 g/mol. The maximum atomic E-state index is 13.4. The Bertz CT molecular complexity index is 1400. The Balaban J connectivity index is 1.34. The van der Waals surface area contributed by atoms with E-state index in [0.717, 1.165) is 64.6 Å². The van der Waals surface area contributed by atoms with E-state index in [0.29, 0.717) is 43.5 Å². The SMILES string of the molecule is CC(C)[C@@H](C)[C@@]1(C)CC[C@]2(C)[C@H]3CC[C@@H]4C5(COC[C@]4(C)[C@H](OCCNCCCN(C)C)[C@H](n4nnc(N)n4)C5)C3=CC[C@@]2(C)[C@@H]1C(=O)O. The zero-order valence-corrected chi connectivity index (χ0v) is 31.8. The third kappa shape index (κ3) is 5.68. The second-order valence-corrected chi connectivity index (χ2v) is 18.3.